The Labute approximate surface area is 127 Å². The molecule has 1 saturated heterocycles. The first-order valence-electron chi connectivity index (χ1n) is 7.13. The van der Waals surface area contributed by atoms with E-state index in [0.717, 1.165) is 11.4 Å². The topological polar surface area (TPSA) is 94.1 Å². The zero-order chi connectivity index (χ0) is 15.5. The summed E-state index contributed by atoms with van der Waals surface area (Å²) in [6.07, 6.45) is 5.04. The van der Waals surface area contributed by atoms with Crippen LogP contribution in [0, 0.1) is 6.92 Å². The van der Waals surface area contributed by atoms with Crippen LogP contribution in [-0.4, -0.2) is 51.0 Å². The third-order valence-electron chi connectivity index (χ3n) is 3.61. The van der Waals surface area contributed by atoms with Crippen molar-refractivity contribution in [3.05, 3.63) is 30.1 Å². The SMILES string of the molecule is Cc1[nH]cnc1CC(=O)N[C@H]1COC[C@H]1Oc1cnn(C)c1. The lowest BCUT2D eigenvalue weighted by molar-refractivity contribution is -0.121. The van der Waals surface area contributed by atoms with E-state index in [1.807, 2.05) is 14.0 Å². The van der Waals surface area contributed by atoms with Crippen LogP contribution in [0.5, 0.6) is 5.75 Å². The van der Waals surface area contributed by atoms with E-state index in [0.29, 0.717) is 19.0 Å². The predicted octanol–water partition coefficient (Wildman–Crippen LogP) is -0.0433. The van der Waals surface area contributed by atoms with Gasteiger partial charge in [0.15, 0.2) is 5.75 Å². The summed E-state index contributed by atoms with van der Waals surface area (Å²) in [5.41, 5.74) is 1.65. The minimum Gasteiger partial charge on any atom is -0.482 e. The van der Waals surface area contributed by atoms with E-state index >= 15 is 0 Å². The van der Waals surface area contributed by atoms with Crippen LogP contribution in [0.3, 0.4) is 0 Å². The van der Waals surface area contributed by atoms with Crippen LogP contribution in [0.2, 0.25) is 0 Å². The van der Waals surface area contributed by atoms with E-state index in [2.05, 4.69) is 20.4 Å². The number of carbonyl (C=O) groups is 1. The molecule has 22 heavy (non-hydrogen) atoms. The van der Waals surface area contributed by atoms with Gasteiger partial charge in [0.1, 0.15) is 6.10 Å². The van der Waals surface area contributed by atoms with Gasteiger partial charge in [0.2, 0.25) is 5.91 Å². The highest BCUT2D eigenvalue weighted by Crippen LogP contribution is 2.16. The Morgan fingerprint density at radius 1 is 1.59 bits per heavy atom. The maximum atomic E-state index is 12.1. The van der Waals surface area contributed by atoms with Crippen molar-refractivity contribution >= 4 is 5.91 Å². The molecule has 0 saturated carbocycles. The number of nitrogens with zero attached hydrogens (tertiary/aromatic N) is 3. The summed E-state index contributed by atoms with van der Waals surface area (Å²) in [5, 5.41) is 7.01. The van der Waals surface area contributed by atoms with Crippen molar-refractivity contribution in [2.24, 2.45) is 7.05 Å². The first-order chi connectivity index (χ1) is 10.6. The number of hydrogen-bond donors (Lipinski definition) is 2. The second-order valence-electron chi connectivity index (χ2n) is 5.37. The molecular formula is C14H19N5O3. The quantitative estimate of drug-likeness (QED) is 0.808. The fraction of sp³-hybridized carbons (Fsp3) is 0.500. The number of rotatable bonds is 5. The molecule has 0 bridgehead atoms. The molecule has 3 heterocycles. The Morgan fingerprint density at radius 2 is 2.45 bits per heavy atom. The Hall–Kier alpha value is -2.35. The number of carbonyl (C=O) groups excluding carboxylic acids is 1. The number of amides is 1. The molecule has 2 atom stereocenters. The summed E-state index contributed by atoms with van der Waals surface area (Å²) in [7, 11) is 1.82. The van der Waals surface area contributed by atoms with Crippen LogP contribution in [0.4, 0.5) is 0 Å². The number of nitrogens with one attached hydrogen (secondary N) is 2. The smallest absolute Gasteiger partial charge is 0.226 e. The molecule has 0 unspecified atom stereocenters. The maximum Gasteiger partial charge on any atom is 0.226 e. The number of H-pyrrole nitrogens is 1. The van der Waals surface area contributed by atoms with E-state index in [-0.39, 0.29) is 24.5 Å². The van der Waals surface area contributed by atoms with Crippen LogP contribution in [0.1, 0.15) is 11.4 Å². The molecule has 1 amide bonds. The maximum absolute atomic E-state index is 12.1. The van der Waals surface area contributed by atoms with E-state index in [1.165, 1.54) is 0 Å². The number of imidazole rings is 1. The molecule has 2 aromatic rings. The van der Waals surface area contributed by atoms with E-state index in [1.54, 1.807) is 23.4 Å². The van der Waals surface area contributed by atoms with Crippen molar-refractivity contribution in [2.45, 2.75) is 25.5 Å². The van der Waals surface area contributed by atoms with Crippen molar-refractivity contribution in [2.75, 3.05) is 13.2 Å². The molecule has 0 radical (unpaired) electrons. The number of aromatic nitrogens is 4. The third kappa shape index (κ3) is 3.28. The van der Waals surface area contributed by atoms with Gasteiger partial charge in [0, 0.05) is 12.7 Å². The first-order valence-corrected chi connectivity index (χ1v) is 7.13. The minimum absolute atomic E-state index is 0.0921. The van der Waals surface area contributed by atoms with E-state index in [4.69, 9.17) is 9.47 Å². The Balaban J connectivity index is 1.56. The molecule has 0 spiro atoms. The fourth-order valence-electron chi connectivity index (χ4n) is 2.40. The molecule has 2 aromatic heterocycles. The highest BCUT2D eigenvalue weighted by molar-refractivity contribution is 5.78. The molecule has 3 rings (SSSR count). The lowest BCUT2D eigenvalue weighted by Gasteiger charge is -2.19. The average Bonchev–Trinajstić information content (AvgIpc) is 3.16. The Kier molecular flexibility index (Phi) is 4.10. The number of ether oxygens (including phenoxy) is 2. The summed E-state index contributed by atoms with van der Waals surface area (Å²) >= 11 is 0. The van der Waals surface area contributed by atoms with Crippen molar-refractivity contribution in [1.29, 1.82) is 0 Å². The summed E-state index contributed by atoms with van der Waals surface area (Å²) < 4.78 is 12.9. The molecule has 8 nitrogen and oxygen atoms in total. The molecule has 2 N–H and O–H groups in total. The van der Waals surface area contributed by atoms with Gasteiger partial charge >= 0.3 is 0 Å². The number of aromatic amines is 1. The largest absolute Gasteiger partial charge is 0.482 e. The average molecular weight is 305 g/mol. The molecule has 118 valence electrons. The van der Waals surface area contributed by atoms with Crippen LogP contribution >= 0.6 is 0 Å². The van der Waals surface area contributed by atoms with Crippen LogP contribution in [0.15, 0.2) is 18.7 Å². The standard InChI is InChI=1S/C14H19N5O3/c1-9-11(16-8-15-9)3-14(20)18-12-6-21-7-13(12)22-10-4-17-19(2)5-10/h4-5,8,12-13H,3,6-7H2,1-2H3,(H,15,16)(H,18,20)/t12-,13+/m0/s1. The lowest BCUT2D eigenvalue weighted by Crippen LogP contribution is -2.45. The lowest BCUT2D eigenvalue weighted by atomic mass is 10.2. The van der Waals surface area contributed by atoms with Gasteiger partial charge in [-0.15, -0.1) is 0 Å². The molecule has 8 heteroatoms. The van der Waals surface area contributed by atoms with Crippen molar-refractivity contribution in [3.8, 4) is 5.75 Å². The first kappa shape index (κ1) is 14.6. The third-order valence-corrected chi connectivity index (χ3v) is 3.61. The molecule has 0 aromatic carbocycles. The van der Waals surface area contributed by atoms with Gasteiger partial charge in [-0.05, 0) is 6.92 Å². The number of aryl methyl sites for hydroxylation is 2. The van der Waals surface area contributed by atoms with Crippen molar-refractivity contribution in [1.82, 2.24) is 25.1 Å². The van der Waals surface area contributed by atoms with Gasteiger partial charge in [-0.2, -0.15) is 5.10 Å². The van der Waals surface area contributed by atoms with Crippen LogP contribution in [0.25, 0.3) is 0 Å². The van der Waals surface area contributed by atoms with E-state index < -0.39 is 0 Å². The van der Waals surface area contributed by atoms with Crippen molar-refractivity contribution in [3.63, 3.8) is 0 Å². The molecule has 1 aliphatic heterocycles. The number of hydrogen-bond acceptors (Lipinski definition) is 5. The van der Waals surface area contributed by atoms with Crippen LogP contribution in [-0.2, 0) is 23.0 Å². The second kappa shape index (κ2) is 6.18. The summed E-state index contributed by atoms with van der Waals surface area (Å²) in [5.74, 6) is 0.575. The normalized spacial score (nSPS) is 21.0. The highest BCUT2D eigenvalue weighted by Gasteiger charge is 2.31. The van der Waals surface area contributed by atoms with Gasteiger partial charge < -0.3 is 19.8 Å². The van der Waals surface area contributed by atoms with Gasteiger partial charge in [-0.1, -0.05) is 0 Å². The highest BCUT2D eigenvalue weighted by atomic mass is 16.5. The monoisotopic (exact) mass is 305 g/mol. The van der Waals surface area contributed by atoms with Gasteiger partial charge in [-0.25, -0.2) is 4.98 Å². The summed E-state index contributed by atoms with van der Waals surface area (Å²) in [4.78, 5) is 19.2. The minimum atomic E-state index is -0.214. The Morgan fingerprint density at radius 3 is 3.14 bits per heavy atom. The van der Waals surface area contributed by atoms with Gasteiger partial charge in [0.05, 0.1) is 50.1 Å². The molecular weight excluding hydrogens is 286 g/mol. The zero-order valence-corrected chi connectivity index (χ0v) is 12.6. The second-order valence-corrected chi connectivity index (χ2v) is 5.37. The molecule has 1 aliphatic rings. The van der Waals surface area contributed by atoms with Gasteiger partial charge in [0.25, 0.3) is 0 Å². The summed E-state index contributed by atoms with van der Waals surface area (Å²) in [6, 6.07) is -0.174. The van der Waals surface area contributed by atoms with Crippen LogP contribution < -0.4 is 10.1 Å². The predicted molar refractivity (Wildman–Crippen MR) is 77.4 cm³/mol. The molecule has 0 aliphatic carbocycles. The summed E-state index contributed by atoms with van der Waals surface area (Å²) in [6.45, 7) is 2.78. The fourth-order valence-corrected chi connectivity index (χ4v) is 2.40. The van der Waals surface area contributed by atoms with Gasteiger partial charge in [-0.3, -0.25) is 9.48 Å². The van der Waals surface area contributed by atoms with Crippen molar-refractivity contribution < 1.29 is 14.3 Å². The zero-order valence-electron chi connectivity index (χ0n) is 12.6. The van der Waals surface area contributed by atoms with E-state index in [9.17, 15) is 4.79 Å². The molecule has 1 fully saturated rings. The Bertz CT molecular complexity index is 650.